The molecule has 1 aromatic heterocycles. The van der Waals surface area contributed by atoms with Crippen LogP contribution in [0.15, 0.2) is 109 Å². The molecule has 2 bridgehead atoms. The first-order valence-electron chi connectivity index (χ1n) is 23.8. The van der Waals surface area contributed by atoms with Crippen LogP contribution in [0.4, 0.5) is 13.6 Å². The van der Waals surface area contributed by atoms with Gasteiger partial charge in [0.1, 0.15) is 40.7 Å². The zero-order chi connectivity index (χ0) is 48.7. The van der Waals surface area contributed by atoms with Gasteiger partial charge in [0.05, 0.1) is 12.6 Å². The minimum Gasteiger partial charge on any atom is -0.619 e. The lowest BCUT2D eigenvalue weighted by Crippen LogP contribution is -2.52. The van der Waals surface area contributed by atoms with E-state index in [0.29, 0.717) is 71.4 Å². The molecule has 5 aromatic rings. The molecule has 5 aliphatic rings. The predicted molar refractivity (Wildman–Crippen MR) is 256 cm³/mol. The van der Waals surface area contributed by atoms with Crippen molar-refractivity contribution in [3.8, 4) is 17.2 Å². The largest absolute Gasteiger partial charge is 0.619 e. The molecule has 5 fully saturated rings. The van der Waals surface area contributed by atoms with Gasteiger partial charge in [-0.1, -0.05) is 83.9 Å². The first-order valence-corrected chi connectivity index (χ1v) is 24.6. The van der Waals surface area contributed by atoms with Gasteiger partial charge >= 0.3 is 18.7 Å². The number of rotatable bonds is 18. The quantitative estimate of drug-likeness (QED) is 0.0512. The molecule has 17 heteroatoms. The molecular weight excluding hydrogens is 946 g/mol. The number of nitrogens with zero attached hydrogens (tertiary/aromatic N) is 3. The number of benzene rings is 4. The monoisotopic (exact) mass is 998 g/mol. The van der Waals surface area contributed by atoms with Crippen LogP contribution >= 0.6 is 23.2 Å². The van der Waals surface area contributed by atoms with Crippen molar-refractivity contribution in [2.75, 3.05) is 32.8 Å². The summed E-state index contributed by atoms with van der Waals surface area (Å²) in [5.74, 6) is 0.0915. The van der Waals surface area contributed by atoms with Crippen molar-refractivity contribution >= 4 is 41.2 Å². The van der Waals surface area contributed by atoms with Gasteiger partial charge in [0.2, 0.25) is 0 Å². The van der Waals surface area contributed by atoms with Crippen molar-refractivity contribution in [3.63, 3.8) is 0 Å². The second kappa shape index (κ2) is 22.3. The van der Waals surface area contributed by atoms with Crippen molar-refractivity contribution in [1.29, 1.82) is 0 Å². The maximum Gasteiger partial charge on any atom is 0.408 e. The fraction of sp³-hybridized carbons (Fsp3) is 0.396. The predicted octanol–water partition coefficient (Wildman–Crippen LogP) is 10.0. The number of aromatic nitrogens is 1. The molecule has 4 aliphatic heterocycles. The van der Waals surface area contributed by atoms with Crippen molar-refractivity contribution in [2.24, 2.45) is 11.8 Å². The number of carbonyl (C=O) groups is 3. The Balaban J connectivity index is 0.871. The molecule has 0 unspecified atom stereocenters. The molecule has 13 nitrogen and oxygen atoms in total. The smallest absolute Gasteiger partial charge is 0.408 e. The number of fused-ring (bicyclic) bond motifs is 3. The SMILES string of the molecule is O=C(N[C@@H](c1ccccc1)c1cccc(OCc2ccc(C(=O)N3CCCC[C@H]3C(=O)O[C@@H](Cc3c(Cl)c[n+]([O-])cc3Cl)c3ccc(OC(F)F)c(OCC4CC4)c3)cc2)c1)O[C@H]1CN2CCC1CC2. The first kappa shape index (κ1) is 48.8. The first-order chi connectivity index (χ1) is 33.9. The molecule has 1 saturated carbocycles. The molecule has 4 atom stereocenters. The van der Waals surface area contributed by atoms with Crippen molar-refractivity contribution in [3.05, 3.63) is 158 Å². The molecule has 5 heterocycles. The Morgan fingerprint density at radius 3 is 2.23 bits per heavy atom. The Morgan fingerprint density at radius 2 is 1.53 bits per heavy atom. The number of piperidine rings is 4. The van der Waals surface area contributed by atoms with Crippen LogP contribution in [-0.4, -0.2) is 79.3 Å². The van der Waals surface area contributed by atoms with Gasteiger partial charge in [0.15, 0.2) is 23.9 Å². The number of likely N-dealkylation sites (tertiary alicyclic amines) is 1. The van der Waals surface area contributed by atoms with E-state index in [-0.39, 0.29) is 46.6 Å². The number of nitrogens with one attached hydrogen (secondary N) is 1. The summed E-state index contributed by atoms with van der Waals surface area (Å²) in [6.07, 6.45) is 6.14. The topological polar surface area (TPSA) is 143 Å². The Labute approximate surface area is 415 Å². The number of carbonyl (C=O) groups excluding carboxylic acids is 3. The summed E-state index contributed by atoms with van der Waals surface area (Å²) in [7, 11) is 0. The lowest BCUT2D eigenvalue weighted by Gasteiger charge is -2.43. The molecule has 4 aromatic carbocycles. The fourth-order valence-corrected chi connectivity index (χ4v) is 10.1. The van der Waals surface area contributed by atoms with E-state index >= 15 is 0 Å². The zero-order valence-corrected chi connectivity index (χ0v) is 39.9. The summed E-state index contributed by atoms with van der Waals surface area (Å²) in [6, 6.07) is 27.1. The van der Waals surface area contributed by atoms with Crippen LogP contribution in [0.3, 0.4) is 0 Å². The summed E-state index contributed by atoms with van der Waals surface area (Å²) < 4.78 is 56.4. The van der Waals surface area contributed by atoms with E-state index in [4.69, 9.17) is 46.9 Å². The molecule has 1 N–H and O–H groups in total. The van der Waals surface area contributed by atoms with Crippen molar-refractivity contribution in [1.82, 2.24) is 15.1 Å². The Kier molecular flexibility index (Phi) is 15.6. The van der Waals surface area contributed by atoms with Gasteiger partial charge in [-0.3, -0.25) is 9.69 Å². The lowest BCUT2D eigenvalue weighted by atomic mass is 9.86. The molecule has 10 rings (SSSR count). The van der Waals surface area contributed by atoms with Crippen LogP contribution in [0.25, 0.3) is 0 Å². The van der Waals surface area contributed by atoms with Gasteiger partial charge < -0.3 is 39.1 Å². The third-order valence-corrected chi connectivity index (χ3v) is 14.2. The maximum atomic E-state index is 14.3. The highest BCUT2D eigenvalue weighted by molar-refractivity contribution is 6.35. The van der Waals surface area contributed by atoms with Crippen LogP contribution in [0.2, 0.25) is 10.0 Å². The standard InChI is InChI=1S/C53H54Cl2F2N4O9/c54-42-28-60(65)29-43(55)41(42)27-46(38-18-19-45(69-52(56)57)47(26-38)67-32-33-12-13-33)68-51(63)44-11-4-5-22-61(44)50(62)37-16-14-34(15-17-37)31-66-40-10-6-9-39(25-40)49(36-7-2-1-3-8-36)58-53(64)70-48-30-59-23-20-35(48)21-24-59/h1-3,6-10,14-19,25-26,28-29,33,35,44,46,48-49,52H,4-5,11-13,20-24,27,30-32H2,(H,58,64)/t44-,46-,48-,49-/m0/s1. The number of esters is 1. The molecule has 2 amide bonds. The van der Waals surface area contributed by atoms with Gasteiger partial charge in [0.25, 0.3) is 5.91 Å². The van der Waals surface area contributed by atoms with E-state index in [2.05, 4.69) is 10.2 Å². The van der Waals surface area contributed by atoms with Gasteiger partial charge in [-0.25, -0.2) is 9.59 Å². The Hall–Kier alpha value is -6.16. The molecule has 1 aliphatic carbocycles. The number of alkyl halides is 2. The van der Waals surface area contributed by atoms with E-state index in [0.717, 1.165) is 74.4 Å². The summed E-state index contributed by atoms with van der Waals surface area (Å²) in [5, 5.41) is 15.3. The second-order valence-corrected chi connectivity index (χ2v) is 19.2. The summed E-state index contributed by atoms with van der Waals surface area (Å²) in [5.41, 5.74) is 3.57. The van der Waals surface area contributed by atoms with Crippen LogP contribution in [-0.2, 0) is 27.3 Å². The highest BCUT2D eigenvalue weighted by atomic mass is 35.5. The van der Waals surface area contributed by atoms with E-state index < -0.39 is 36.9 Å². The Morgan fingerprint density at radius 1 is 0.786 bits per heavy atom. The number of amides is 2. The Bertz CT molecular complexity index is 2610. The molecule has 4 saturated heterocycles. The van der Waals surface area contributed by atoms with Crippen molar-refractivity contribution < 1.29 is 51.6 Å². The van der Waals surface area contributed by atoms with E-state index in [1.54, 1.807) is 24.3 Å². The minimum absolute atomic E-state index is 0.0331. The molecule has 0 radical (unpaired) electrons. The number of hydrogen-bond donors (Lipinski definition) is 1. The molecule has 70 heavy (non-hydrogen) atoms. The van der Waals surface area contributed by atoms with E-state index in [1.165, 1.54) is 23.1 Å². The summed E-state index contributed by atoms with van der Waals surface area (Å²) in [4.78, 5) is 45.7. The van der Waals surface area contributed by atoms with Gasteiger partial charge in [0, 0.05) is 30.6 Å². The molecule has 368 valence electrons. The number of hydrogen-bond acceptors (Lipinski definition) is 10. The normalized spacial score (nSPS) is 20.6. The average molecular weight is 1000 g/mol. The van der Waals surface area contributed by atoms with E-state index in [9.17, 15) is 28.4 Å². The van der Waals surface area contributed by atoms with E-state index in [1.807, 2.05) is 54.6 Å². The zero-order valence-electron chi connectivity index (χ0n) is 38.4. The third-order valence-electron chi connectivity index (χ3n) is 13.5. The number of alkyl carbamates (subject to hydrolysis) is 1. The molecule has 0 spiro atoms. The highest BCUT2D eigenvalue weighted by Crippen LogP contribution is 2.39. The van der Waals surface area contributed by atoms with Crippen LogP contribution in [0, 0.1) is 17.0 Å². The number of ether oxygens (including phenoxy) is 5. The summed E-state index contributed by atoms with van der Waals surface area (Å²) in [6.45, 7) is 0.545. The number of pyridine rings is 1. The third kappa shape index (κ3) is 12.2. The van der Waals surface area contributed by atoms with Crippen LogP contribution < -0.4 is 24.3 Å². The number of halogens is 4. The lowest BCUT2D eigenvalue weighted by molar-refractivity contribution is -0.605. The minimum atomic E-state index is -3.10. The summed E-state index contributed by atoms with van der Waals surface area (Å²) >= 11 is 13.0. The second-order valence-electron chi connectivity index (χ2n) is 18.4. The van der Waals surface area contributed by atoms with Gasteiger partial charge in [-0.15, -0.1) is 0 Å². The van der Waals surface area contributed by atoms with Crippen molar-refractivity contribution in [2.45, 2.75) is 88.9 Å². The average Bonchev–Trinajstić information content (AvgIpc) is 4.21. The van der Waals surface area contributed by atoms with Gasteiger partial charge in [-0.05, 0) is 129 Å². The molecular formula is C53H54Cl2F2N4O9. The van der Waals surface area contributed by atoms with Crippen LogP contribution in [0.5, 0.6) is 17.2 Å². The maximum absolute atomic E-state index is 14.3. The van der Waals surface area contributed by atoms with Gasteiger partial charge in [-0.2, -0.15) is 13.5 Å². The highest BCUT2D eigenvalue weighted by Gasteiger charge is 2.38. The van der Waals surface area contributed by atoms with Crippen LogP contribution in [0.1, 0.15) is 95.3 Å². The fourth-order valence-electron chi connectivity index (χ4n) is 9.50.